The molecular weight excluding hydrogens is 514 g/mol. The second kappa shape index (κ2) is 11.0. The predicted octanol–water partition coefficient (Wildman–Crippen LogP) is 3.79. The van der Waals surface area contributed by atoms with E-state index in [1.165, 1.54) is 54.7 Å². The molecule has 0 unspecified atom stereocenters. The molecule has 0 spiro atoms. The standard InChI is InChI=1S/C25H29N5O5S2/c1-3-21-6-4-5-17-30(21)37(34,35)23-11-7-19(8-12-23)24(31)28-20-9-13-22(14-10-20)36(32,33)29-25-26-16-15-18(2)27-25/h7-16,21H,3-6,17H2,1-2H3,(H,28,31)(H,26,27,29)/t21-/m0/s1. The van der Waals surface area contributed by atoms with E-state index in [9.17, 15) is 21.6 Å². The minimum absolute atomic E-state index is 0.00644. The van der Waals surface area contributed by atoms with E-state index in [1.54, 1.807) is 17.3 Å². The summed E-state index contributed by atoms with van der Waals surface area (Å²) in [4.78, 5) is 20.8. The number of aromatic nitrogens is 2. The molecule has 1 aliphatic heterocycles. The first-order valence-electron chi connectivity index (χ1n) is 12.0. The van der Waals surface area contributed by atoms with Crippen LogP contribution in [0, 0.1) is 6.92 Å². The van der Waals surface area contributed by atoms with E-state index in [-0.39, 0.29) is 27.3 Å². The molecular formula is C25H29N5O5S2. The van der Waals surface area contributed by atoms with Gasteiger partial charge in [0.1, 0.15) is 0 Å². The van der Waals surface area contributed by atoms with Crippen LogP contribution in [0.5, 0.6) is 0 Å². The maximum atomic E-state index is 13.1. The summed E-state index contributed by atoms with van der Waals surface area (Å²) < 4.78 is 55.4. The van der Waals surface area contributed by atoms with Gasteiger partial charge in [-0.15, -0.1) is 0 Å². The minimum Gasteiger partial charge on any atom is -0.322 e. The average Bonchev–Trinajstić information content (AvgIpc) is 2.89. The molecule has 12 heteroatoms. The highest BCUT2D eigenvalue weighted by Crippen LogP contribution is 2.27. The molecule has 10 nitrogen and oxygen atoms in total. The van der Waals surface area contributed by atoms with Crippen molar-refractivity contribution in [2.75, 3.05) is 16.6 Å². The number of amides is 1. The van der Waals surface area contributed by atoms with Crippen molar-refractivity contribution in [3.05, 3.63) is 72.1 Å². The van der Waals surface area contributed by atoms with Gasteiger partial charge in [-0.05, 0) is 80.8 Å². The van der Waals surface area contributed by atoms with E-state index >= 15 is 0 Å². The Hall–Kier alpha value is -3.35. The SMILES string of the molecule is CC[C@H]1CCCCN1S(=O)(=O)c1ccc(C(=O)Nc2ccc(S(=O)(=O)Nc3nccc(C)n3)cc2)cc1. The van der Waals surface area contributed by atoms with Crippen molar-refractivity contribution in [1.82, 2.24) is 14.3 Å². The maximum Gasteiger partial charge on any atom is 0.264 e. The summed E-state index contributed by atoms with van der Waals surface area (Å²) in [5.41, 5.74) is 1.28. The van der Waals surface area contributed by atoms with E-state index in [2.05, 4.69) is 20.0 Å². The number of piperidine rings is 1. The Kier molecular flexibility index (Phi) is 7.90. The van der Waals surface area contributed by atoms with Gasteiger partial charge in [-0.1, -0.05) is 13.3 Å². The van der Waals surface area contributed by atoms with Crippen LogP contribution in [0.15, 0.2) is 70.6 Å². The van der Waals surface area contributed by atoms with Crippen molar-refractivity contribution in [2.45, 2.75) is 55.4 Å². The molecule has 0 radical (unpaired) electrons. The third-order valence-corrected chi connectivity index (χ3v) is 9.52. The smallest absolute Gasteiger partial charge is 0.264 e. The third kappa shape index (κ3) is 6.14. The molecule has 2 N–H and O–H groups in total. The van der Waals surface area contributed by atoms with Crippen molar-refractivity contribution in [3.63, 3.8) is 0 Å². The molecule has 0 saturated carbocycles. The summed E-state index contributed by atoms with van der Waals surface area (Å²) in [7, 11) is -7.55. The highest BCUT2D eigenvalue weighted by Gasteiger charge is 2.32. The maximum absolute atomic E-state index is 13.1. The molecule has 1 aliphatic rings. The molecule has 2 aromatic carbocycles. The van der Waals surface area contributed by atoms with Crippen LogP contribution < -0.4 is 10.0 Å². The van der Waals surface area contributed by atoms with Gasteiger partial charge in [-0.2, -0.15) is 4.31 Å². The Labute approximate surface area is 217 Å². The second-order valence-electron chi connectivity index (χ2n) is 8.80. The zero-order valence-electron chi connectivity index (χ0n) is 20.6. The number of sulfonamides is 2. The number of nitrogens with zero attached hydrogens (tertiary/aromatic N) is 3. The van der Waals surface area contributed by atoms with Gasteiger partial charge in [-0.3, -0.25) is 4.79 Å². The number of carbonyl (C=O) groups excluding carboxylic acids is 1. The summed E-state index contributed by atoms with van der Waals surface area (Å²) >= 11 is 0. The van der Waals surface area contributed by atoms with Crippen LogP contribution in [-0.2, 0) is 20.0 Å². The van der Waals surface area contributed by atoms with E-state index < -0.39 is 26.0 Å². The number of benzene rings is 2. The van der Waals surface area contributed by atoms with Gasteiger partial charge in [0.05, 0.1) is 9.79 Å². The second-order valence-corrected chi connectivity index (χ2v) is 12.4. The van der Waals surface area contributed by atoms with Gasteiger partial charge in [0, 0.05) is 35.7 Å². The Morgan fingerprint density at radius 2 is 1.65 bits per heavy atom. The lowest BCUT2D eigenvalue weighted by Gasteiger charge is -2.34. The minimum atomic E-state index is -3.91. The molecule has 1 aromatic heterocycles. The Morgan fingerprint density at radius 3 is 2.30 bits per heavy atom. The first kappa shape index (κ1) is 26.7. The first-order chi connectivity index (χ1) is 17.6. The molecule has 196 valence electrons. The van der Waals surface area contributed by atoms with Crippen LogP contribution in [0.2, 0.25) is 0 Å². The molecule has 3 aromatic rings. The Morgan fingerprint density at radius 1 is 0.973 bits per heavy atom. The number of carbonyl (C=O) groups is 1. The lowest BCUT2D eigenvalue weighted by molar-refractivity contribution is 0.102. The van der Waals surface area contributed by atoms with Crippen LogP contribution >= 0.6 is 0 Å². The highest BCUT2D eigenvalue weighted by molar-refractivity contribution is 7.92. The van der Waals surface area contributed by atoms with Gasteiger partial charge in [0.25, 0.3) is 15.9 Å². The van der Waals surface area contributed by atoms with Crippen molar-refractivity contribution in [1.29, 1.82) is 0 Å². The van der Waals surface area contributed by atoms with Gasteiger partial charge >= 0.3 is 0 Å². The normalized spacial score (nSPS) is 16.8. The molecule has 1 fully saturated rings. The summed E-state index contributed by atoms with van der Waals surface area (Å²) in [5, 5.41) is 2.69. The molecule has 37 heavy (non-hydrogen) atoms. The van der Waals surface area contributed by atoms with Crippen molar-refractivity contribution in [2.24, 2.45) is 0 Å². The molecule has 1 saturated heterocycles. The summed E-state index contributed by atoms with van der Waals surface area (Å²) in [6.07, 6.45) is 4.93. The van der Waals surface area contributed by atoms with Gasteiger partial charge < -0.3 is 5.32 Å². The fourth-order valence-corrected chi connectivity index (χ4v) is 6.93. The topological polar surface area (TPSA) is 138 Å². The lowest BCUT2D eigenvalue weighted by atomic mass is 10.0. The van der Waals surface area contributed by atoms with Gasteiger partial charge in [-0.25, -0.2) is 31.5 Å². The Balaban J connectivity index is 1.43. The summed E-state index contributed by atoms with van der Waals surface area (Å²) in [6.45, 7) is 4.21. The van der Waals surface area contributed by atoms with Crippen molar-refractivity contribution < 1.29 is 21.6 Å². The van der Waals surface area contributed by atoms with Gasteiger partial charge in [0.2, 0.25) is 16.0 Å². The van der Waals surface area contributed by atoms with Crippen molar-refractivity contribution in [3.8, 4) is 0 Å². The molecule has 2 heterocycles. The fourth-order valence-electron chi connectivity index (χ4n) is 4.21. The van der Waals surface area contributed by atoms with E-state index in [4.69, 9.17) is 0 Å². The zero-order valence-corrected chi connectivity index (χ0v) is 22.2. The van der Waals surface area contributed by atoms with Crippen LogP contribution in [0.25, 0.3) is 0 Å². The van der Waals surface area contributed by atoms with Crippen LogP contribution in [0.3, 0.4) is 0 Å². The fraction of sp³-hybridized carbons (Fsp3) is 0.320. The highest BCUT2D eigenvalue weighted by atomic mass is 32.2. The number of aryl methyl sites for hydroxylation is 1. The Bertz CT molecular complexity index is 1470. The summed E-state index contributed by atoms with van der Waals surface area (Å²) in [5.74, 6) is -0.483. The van der Waals surface area contributed by atoms with E-state index in [0.29, 0.717) is 17.9 Å². The largest absolute Gasteiger partial charge is 0.322 e. The van der Waals surface area contributed by atoms with Crippen molar-refractivity contribution >= 4 is 37.6 Å². The molecule has 1 amide bonds. The van der Waals surface area contributed by atoms with Crippen LogP contribution in [-0.4, -0.2) is 49.6 Å². The number of hydrogen-bond donors (Lipinski definition) is 2. The molecule has 0 aliphatic carbocycles. The van der Waals surface area contributed by atoms with Crippen LogP contribution in [0.1, 0.15) is 48.7 Å². The third-order valence-electron chi connectivity index (χ3n) is 6.21. The molecule has 4 rings (SSSR count). The van der Waals surface area contributed by atoms with E-state index in [1.807, 2.05) is 6.92 Å². The monoisotopic (exact) mass is 543 g/mol. The number of anilines is 2. The molecule has 1 atom stereocenters. The number of nitrogens with one attached hydrogen (secondary N) is 2. The average molecular weight is 544 g/mol. The zero-order chi connectivity index (χ0) is 26.6. The quantitative estimate of drug-likeness (QED) is 0.441. The molecule has 0 bridgehead atoms. The van der Waals surface area contributed by atoms with Crippen LogP contribution in [0.4, 0.5) is 11.6 Å². The number of hydrogen-bond acceptors (Lipinski definition) is 7. The van der Waals surface area contributed by atoms with E-state index in [0.717, 1.165) is 25.7 Å². The van der Waals surface area contributed by atoms with Gasteiger partial charge in [0.15, 0.2) is 0 Å². The number of rotatable bonds is 8. The summed E-state index contributed by atoms with van der Waals surface area (Å²) in [6, 6.07) is 13.1. The predicted molar refractivity (Wildman–Crippen MR) is 140 cm³/mol. The first-order valence-corrected chi connectivity index (χ1v) is 14.9. The lowest BCUT2D eigenvalue weighted by Crippen LogP contribution is -2.43.